The Balaban J connectivity index is 2.08. The molecule has 0 aliphatic heterocycles. The first-order chi connectivity index (χ1) is 15.8. The summed E-state index contributed by atoms with van der Waals surface area (Å²) in [5, 5.41) is 7.74. The van der Waals surface area contributed by atoms with Gasteiger partial charge in [0.05, 0.1) is 23.9 Å². The Morgan fingerprint density at radius 1 is 0.941 bits per heavy atom. The van der Waals surface area contributed by atoms with Crippen LogP contribution in [0, 0.1) is 0 Å². The van der Waals surface area contributed by atoms with Gasteiger partial charge in [-0.25, -0.2) is 13.6 Å². The number of nitrogens with one attached hydrogen (secondary N) is 1. The van der Waals surface area contributed by atoms with Gasteiger partial charge in [-0.2, -0.15) is 13.2 Å². The highest BCUT2D eigenvalue weighted by atomic mass is 35.5. The summed E-state index contributed by atoms with van der Waals surface area (Å²) in [7, 11) is -3.00. The summed E-state index contributed by atoms with van der Waals surface area (Å²) >= 11 is 11.7. The Bertz CT molecular complexity index is 1370. The van der Waals surface area contributed by atoms with E-state index in [1.165, 1.54) is 31.4 Å². The van der Waals surface area contributed by atoms with Crippen LogP contribution in [0.15, 0.2) is 59.5 Å². The van der Waals surface area contributed by atoms with Gasteiger partial charge in [0.1, 0.15) is 10.6 Å². The lowest BCUT2D eigenvalue weighted by Crippen LogP contribution is -2.19. The van der Waals surface area contributed by atoms with Crippen molar-refractivity contribution in [1.82, 2.24) is 0 Å². The van der Waals surface area contributed by atoms with Crippen LogP contribution in [0.2, 0.25) is 10.0 Å². The van der Waals surface area contributed by atoms with Crippen LogP contribution >= 0.6 is 23.2 Å². The first kappa shape index (κ1) is 25.6. The number of hydrogen-bond acceptors (Lipinski definition) is 5. The van der Waals surface area contributed by atoms with Crippen LogP contribution < -0.4 is 19.9 Å². The molecule has 0 bridgehead atoms. The van der Waals surface area contributed by atoms with Crippen molar-refractivity contribution in [3.05, 3.63) is 75.8 Å². The number of ether oxygens (including phenoxy) is 2. The lowest BCUT2D eigenvalue weighted by Gasteiger charge is -2.16. The topological polar surface area (TPSA) is 108 Å². The summed E-state index contributed by atoms with van der Waals surface area (Å²) in [6.45, 7) is 0. The largest absolute Gasteiger partial charge is 0.493 e. The molecule has 1 amide bonds. The van der Waals surface area contributed by atoms with E-state index in [1.807, 2.05) is 0 Å². The number of primary sulfonamides is 1. The van der Waals surface area contributed by atoms with Gasteiger partial charge in [0.2, 0.25) is 10.0 Å². The molecule has 0 aliphatic rings. The maximum Gasteiger partial charge on any atom is 0.416 e. The smallest absolute Gasteiger partial charge is 0.416 e. The maximum absolute atomic E-state index is 13.3. The van der Waals surface area contributed by atoms with E-state index in [0.29, 0.717) is 11.1 Å². The number of carbonyl (C=O) groups excluding carboxylic acids is 1. The number of carbonyl (C=O) groups is 1. The van der Waals surface area contributed by atoms with Crippen LogP contribution in [0.4, 0.5) is 18.9 Å². The molecule has 0 atom stereocenters. The zero-order valence-corrected chi connectivity index (χ0v) is 19.4. The van der Waals surface area contributed by atoms with Crippen LogP contribution in [0.1, 0.15) is 15.9 Å². The predicted molar refractivity (Wildman–Crippen MR) is 120 cm³/mol. The van der Waals surface area contributed by atoms with E-state index in [9.17, 15) is 26.4 Å². The second-order valence-electron chi connectivity index (χ2n) is 6.75. The molecule has 3 aromatic carbocycles. The summed E-state index contributed by atoms with van der Waals surface area (Å²) in [5.74, 6) is -1.14. The second kappa shape index (κ2) is 9.71. The number of sulfonamides is 1. The van der Waals surface area contributed by atoms with E-state index < -0.39 is 38.1 Å². The first-order valence-corrected chi connectivity index (χ1v) is 11.5. The van der Waals surface area contributed by atoms with Crippen molar-refractivity contribution in [3.8, 4) is 17.2 Å². The molecule has 7 nitrogen and oxygen atoms in total. The van der Waals surface area contributed by atoms with Crippen molar-refractivity contribution in [2.24, 2.45) is 5.14 Å². The van der Waals surface area contributed by atoms with Gasteiger partial charge in [-0.1, -0.05) is 23.2 Å². The third-order valence-electron chi connectivity index (χ3n) is 4.40. The SMILES string of the molecule is COc1cc(Cl)ccc1Oc1ccc(C(F)(F)F)cc1C(=O)Nc1ccc(Cl)cc1S(N)(=O)=O. The quantitative estimate of drug-likeness (QED) is 0.420. The number of alkyl halides is 3. The van der Waals surface area contributed by atoms with Crippen molar-refractivity contribution < 1.29 is 35.9 Å². The van der Waals surface area contributed by atoms with Gasteiger partial charge < -0.3 is 14.8 Å². The Morgan fingerprint density at radius 3 is 2.18 bits per heavy atom. The molecule has 13 heteroatoms. The number of benzene rings is 3. The molecule has 0 saturated heterocycles. The standard InChI is InChI=1S/C21H15Cl2F3N2O5S/c1-32-18-9-12(22)4-7-17(18)33-16-6-2-11(21(24,25)26)8-14(16)20(29)28-15-5-3-13(23)10-19(15)34(27,30)31/h2-10H,1H3,(H,28,29)(H2,27,30,31). The first-order valence-electron chi connectivity index (χ1n) is 9.16. The third-order valence-corrected chi connectivity index (χ3v) is 5.82. The summed E-state index contributed by atoms with van der Waals surface area (Å²) in [4.78, 5) is 12.5. The molecule has 34 heavy (non-hydrogen) atoms. The van der Waals surface area contributed by atoms with Crippen molar-refractivity contribution >= 4 is 44.8 Å². The molecule has 3 N–H and O–H groups in total. The van der Waals surface area contributed by atoms with Gasteiger partial charge in [-0.3, -0.25) is 4.79 Å². The highest BCUT2D eigenvalue weighted by Crippen LogP contribution is 2.38. The number of methoxy groups -OCH3 is 1. The molecule has 0 radical (unpaired) electrons. The third kappa shape index (κ3) is 5.92. The molecule has 180 valence electrons. The number of halogens is 5. The average Bonchev–Trinajstić information content (AvgIpc) is 2.74. The van der Waals surface area contributed by atoms with Crippen LogP contribution in [-0.2, 0) is 16.2 Å². The van der Waals surface area contributed by atoms with Gasteiger partial charge in [-0.05, 0) is 48.5 Å². The summed E-state index contributed by atoms with van der Waals surface area (Å²) in [5.41, 5.74) is -1.96. The fraction of sp³-hybridized carbons (Fsp3) is 0.0952. The van der Waals surface area contributed by atoms with Crippen LogP contribution in [0.25, 0.3) is 0 Å². The summed E-state index contributed by atoms with van der Waals surface area (Å²) in [6, 6.07) is 9.93. The fourth-order valence-electron chi connectivity index (χ4n) is 2.84. The maximum atomic E-state index is 13.3. The zero-order chi connectivity index (χ0) is 25.3. The minimum absolute atomic E-state index is 0.0138. The Hall–Kier alpha value is -2.99. The molecule has 0 heterocycles. The van der Waals surface area contributed by atoms with Crippen molar-refractivity contribution in [3.63, 3.8) is 0 Å². The molecular formula is C21H15Cl2F3N2O5S. The minimum Gasteiger partial charge on any atom is -0.493 e. The summed E-state index contributed by atoms with van der Waals surface area (Å²) < 4.78 is 74.6. The molecular weight excluding hydrogens is 520 g/mol. The number of hydrogen-bond donors (Lipinski definition) is 2. The lowest BCUT2D eigenvalue weighted by atomic mass is 10.1. The van der Waals surface area contributed by atoms with Crippen molar-refractivity contribution in [2.75, 3.05) is 12.4 Å². The van der Waals surface area contributed by atoms with Crippen LogP contribution in [0.5, 0.6) is 17.2 Å². The normalized spacial score (nSPS) is 11.7. The van der Waals surface area contributed by atoms with Gasteiger partial charge >= 0.3 is 6.18 Å². The predicted octanol–water partition coefficient (Wildman–Crippen LogP) is 5.71. The lowest BCUT2D eigenvalue weighted by molar-refractivity contribution is -0.137. The number of nitrogens with two attached hydrogens (primary N) is 1. The van der Waals surface area contributed by atoms with Crippen molar-refractivity contribution in [2.45, 2.75) is 11.1 Å². The number of rotatable bonds is 6. The fourth-order valence-corrected chi connectivity index (χ4v) is 3.96. The van der Waals surface area contributed by atoms with Crippen LogP contribution in [-0.4, -0.2) is 21.4 Å². The monoisotopic (exact) mass is 534 g/mol. The molecule has 0 aliphatic carbocycles. The molecule has 3 aromatic rings. The van der Waals surface area contributed by atoms with Crippen molar-refractivity contribution in [1.29, 1.82) is 0 Å². The summed E-state index contributed by atoms with van der Waals surface area (Å²) in [6.07, 6.45) is -4.77. The Kier molecular flexibility index (Phi) is 7.32. The van der Waals surface area contributed by atoms with Gasteiger partial charge in [0, 0.05) is 16.1 Å². The number of anilines is 1. The van der Waals surface area contributed by atoms with E-state index in [1.54, 1.807) is 0 Å². The number of amides is 1. The second-order valence-corrected chi connectivity index (χ2v) is 9.15. The van der Waals surface area contributed by atoms with E-state index in [2.05, 4.69) is 5.32 Å². The van der Waals surface area contributed by atoms with Gasteiger partial charge in [-0.15, -0.1) is 0 Å². The highest BCUT2D eigenvalue weighted by molar-refractivity contribution is 7.89. The Labute approximate surface area is 202 Å². The van der Waals surface area contributed by atoms with E-state index >= 15 is 0 Å². The van der Waals surface area contributed by atoms with E-state index in [4.69, 9.17) is 37.8 Å². The average molecular weight is 535 g/mol. The molecule has 0 spiro atoms. The van der Waals surface area contributed by atoms with E-state index in [0.717, 1.165) is 24.3 Å². The Morgan fingerprint density at radius 2 is 1.56 bits per heavy atom. The molecule has 0 saturated carbocycles. The molecule has 0 unspecified atom stereocenters. The van der Waals surface area contributed by atoms with Crippen LogP contribution in [0.3, 0.4) is 0 Å². The van der Waals surface area contributed by atoms with Gasteiger partial charge in [0.25, 0.3) is 5.91 Å². The molecule has 0 fully saturated rings. The van der Waals surface area contributed by atoms with Gasteiger partial charge in [0.15, 0.2) is 11.5 Å². The zero-order valence-electron chi connectivity index (χ0n) is 17.1. The van der Waals surface area contributed by atoms with E-state index in [-0.39, 0.29) is 28.0 Å². The minimum atomic E-state index is -4.77. The molecule has 3 rings (SSSR count). The molecule has 0 aromatic heterocycles. The highest BCUT2D eigenvalue weighted by Gasteiger charge is 2.32.